The van der Waals surface area contributed by atoms with Gasteiger partial charge in [-0.1, -0.05) is 60.5 Å². The number of hydrogen-bond donors (Lipinski definition) is 2. The zero-order chi connectivity index (χ0) is 26.6. The van der Waals surface area contributed by atoms with E-state index in [1.807, 2.05) is 37.3 Å². The van der Waals surface area contributed by atoms with Crippen molar-refractivity contribution < 1.29 is 18.0 Å². The predicted octanol–water partition coefficient (Wildman–Crippen LogP) is 6.89. The maximum absolute atomic E-state index is 14.8. The van der Waals surface area contributed by atoms with Crippen molar-refractivity contribution in [3.63, 3.8) is 0 Å². The molecule has 2 N–H and O–H groups in total. The van der Waals surface area contributed by atoms with Gasteiger partial charge in [0.1, 0.15) is 4.75 Å². The summed E-state index contributed by atoms with van der Waals surface area (Å²) in [5, 5.41) is 15.7. The van der Waals surface area contributed by atoms with E-state index >= 15 is 0 Å². The minimum atomic E-state index is -4.45. The second kappa shape index (κ2) is 11.2. The van der Waals surface area contributed by atoms with Gasteiger partial charge in [-0.15, -0.1) is 33.3 Å². The van der Waals surface area contributed by atoms with Crippen LogP contribution in [0.5, 0.6) is 0 Å². The lowest BCUT2D eigenvalue weighted by molar-refractivity contribution is -0.148. The first-order chi connectivity index (χ1) is 17.6. The second-order valence-corrected chi connectivity index (χ2v) is 11.7. The summed E-state index contributed by atoms with van der Waals surface area (Å²) in [7, 11) is 0. The number of rotatable bonds is 9. The first-order valence-electron chi connectivity index (χ1n) is 11.9. The highest BCUT2D eigenvalue weighted by molar-refractivity contribution is 8.01. The highest BCUT2D eigenvalue weighted by atomic mass is 32.2. The third kappa shape index (κ3) is 5.98. The molecule has 1 amide bonds. The van der Waals surface area contributed by atoms with Gasteiger partial charge in [-0.05, 0) is 55.5 Å². The number of halogens is 3. The summed E-state index contributed by atoms with van der Waals surface area (Å²) in [6, 6.07) is 13.0. The first kappa shape index (κ1) is 27.1. The fourth-order valence-electron chi connectivity index (χ4n) is 4.62. The maximum atomic E-state index is 14.8. The Bertz CT molecular complexity index is 1290. The first-order valence-corrected chi connectivity index (χ1v) is 13.6. The van der Waals surface area contributed by atoms with Crippen LogP contribution in [0.1, 0.15) is 71.2 Å². The van der Waals surface area contributed by atoms with E-state index in [0.717, 1.165) is 39.8 Å². The van der Waals surface area contributed by atoms with E-state index in [4.69, 9.17) is 0 Å². The molecule has 2 unspecified atom stereocenters. The third-order valence-electron chi connectivity index (χ3n) is 6.21. The van der Waals surface area contributed by atoms with Gasteiger partial charge in [0, 0.05) is 10.1 Å². The Kier molecular flexibility index (Phi) is 8.23. The molecule has 0 radical (unpaired) electrons. The van der Waals surface area contributed by atoms with Crippen molar-refractivity contribution in [2.75, 3.05) is 0 Å². The SMILES string of the molecule is CCCC(SC1(C(F)(F)F)C=C(C)C(c2ccccc2)=C(C)C1)c1ccc(C(=O)NCc2nn[nH]n2)s1. The topological polar surface area (TPSA) is 83.6 Å². The third-order valence-corrected chi connectivity index (χ3v) is 9.24. The molecule has 4 rings (SSSR count). The smallest absolute Gasteiger partial charge is 0.344 e. The number of aromatic amines is 1. The summed E-state index contributed by atoms with van der Waals surface area (Å²) in [5.74, 6) is 0.0148. The Morgan fingerprint density at radius 2 is 1.97 bits per heavy atom. The number of nitrogens with one attached hydrogen (secondary N) is 2. The van der Waals surface area contributed by atoms with Crippen molar-refractivity contribution >= 4 is 34.6 Å². The number of aromatic nitrogens is 4. The van der Waals surface area contributed by atoms with Crippen LogP contribution in [0.15, 0.2) is 59.7 Å². The summed E-state index contributed by atoms with van der Waals surface area (Å²) in [6.45, 7) is 5.62. The van der Waals surface area contributed by atoms with E-state index in [-0.39, 0.29) is 18.9 Å². The van der Waals surface area contributed by atoms with Crippen LogP contribution in [-0.4, -0.2) is 37.5 Å². The molecule has 3 aromatic rings. The molecule has 6 nitrogen and oxygen atoms in total. The summed E-state index contributed by atoms with van der Waals surface area (Å²) < 4.78 is 42.3. The van der Waals surface area contributed by atoms with Gasteiger partial charge in [-0.25, -0.2) is 0 Å². The molecule has 0 aliphatic heterocycles. The van der Waals surface area contributed by atoms with Crippen LogP contribution in [0.25, 0.3) is 5.57 Å². The van der Waals surface area contributed by atoms with Gasteiger partial charge in [-0.2, -0.15) is 18.4 Å². The van der Waals surface area contributed by atoms with Gasteiger partial charge in [0.25, 0.3) is 5.91 Å². The molecule has 1 aliphatic carbocycles. The van der Waals surface area contributed by atoms with E-state index in [1.165, 1.54) is 17.4 Å². The molecule has 0 saturated carbocycles. The summed E-state index contributed by atoms with van der Waals surface area (Å²) in [6.07, 6.45) is -1.88. The number of benzene rings is 1. The molecule has 2 aromatic heterocycles. The van der Waals surface area contributed by atoms with E-state index in [2.05, 4.69) is 25.9 Å². The molecular weight excluding hydrogens is 519 g/mol. The van der Waals surface area contributed by atoms with Crippen LogP contribution in [-0.2, 0) is 6.54 Å². The molecule has 2 heterocycles. The lowest BCUT2D eigenvalue weighted by Gasteiger charge is -2.39. The fraction of sp³-hybridized carbons (Fsp3) is 0.385. The molecule has 196 valence electrons. The van der Waals surface area contributed by atoms with E-state index < -0.39 is 16.2 Å². The maximum Gasteiger partial charge on any atom is 0.407 e. The van der Waals surface area contributed by atoms with Crippen LogP contribution in [0.4, 0.5) is 13.2 Å². The largest absolute Gasteiger partial charge is 0.407 e. The number of tetrazole rings is 1. The number of hydrogen-bond acceptors (Lipinski definition) is 6. The number of amides is 1. The number of nitrogens with zero attached hydrogens (tertiary/aromatic N) is 3. The van der Waals surface area contributed by atoms with Crippen molar-refractivity contribution in [2.45, 2.75) is 62.8 Å². The van der Waals surface area contributed by atoms with Crippen molar-refractivity contribution in [3.8, 4) is 0 Å². The molecule has 0 fully saturated rings. The quantitative estimate of drug-likeness (QED) is 0.305. The number of thioether (sulfide) groups is 1. The Balaban J connectivity index is 1.59. The number of carbonyl (C=O) groups is 1. The molecule has 11 heteroatoms. The Hall–Kier alpha value is -2.92. The minimum absolute atomic E-state index is 0.103. The lowest BCUT2D eigenvalue weighted by atomic mass is 9.82. The lowest BCUT2D eigenvalue weighted by Crippen LogP contribution is -2.43. The van der Waals surface area contributed by atoms with Crippen LogP contribution < -0.4 is 5.32 Å². The van der Waals surface area contributed by atoms with Crippen LogP contribution in [0.2, 0.25) is 0 Å². The summed E-state index contributed by atoms with van der Waals surface area (Å²) in [5.41, 5.74) is 3.15. The van der Waals surface area contributed by atoms with E-state index in [1.54, 1.807) is 26.0 Å². The Morgan fingerprint density at radius 3 is 2.59 bits per heavy atom. The normalized spacial score (nSPS) is 19.0. The van der Waals surface area contributed by atoms with Gasteiger partial charge in [0.05, 0.1) is 11.4 Å². The standard InChI is InChI=1S/C26H28F3N5OS2/c1-4-8-20(19-11-12-21(36-19)24(35)30-15-22-31-33-34-32-22)37-25(26(27,28)29)13-16(2)23(17(3)14-25)18-9-6-5-7-10-18/h5-7,9-13,20H,4,8,14-15H2,1-3H3,(H,30,35)(H,31,32,33,34). The van der Waals surface area contributed by atoms with Gasteiger partial charge < -0.3 is 5.32 Å². The molecular formula is C26H28F3N5OS2. The van der Waals surface area contributed by atoms with Crippen molar-refractivity contribution in [1.29, 1.82) is 0 Å². The van der Waals surface area contributed by atoms with Crippen molar-refractivity contribution in [3.05, 3.63) is 80.8 Å². The zero-order valence-corrected chi connectivity index (χ0v) is 22.4. The number of allylic oxidation sites excluding steroid dienone is 3. The number of thiophene rings is 1. The Morgan fingerprint density at radius 1 is 1.22 bits per heavy atom. The molecule has 1 aliphatic rings. The molecule has 0 saturated heterocycles. The number of H-pyrrole nitrogens is 1. The van der Waals surface area contributed by atoms with E-state index in [0.29, 0.717) is 22.7 Å². The second-order valence-electron chi connectivity index (χ2n) is 9.02. The molecule has 0 bridgehead atoms. The average Bonchev–Trinajstić information content (AvgIpc) is 3.54. The van der Waals surface area contributed by atoms with Crippen molar-refractivity contribution in [2.24, 2.45) is 0 Å². The summed E-state index contributed by atoms with van der Waals surface area (Å²) in [4.78, 5) is 13.8. The molecule has 37 heavy (non-hydrogen) atoms. The molecule has 0 spiro atoms. The average molecular weight is 548 g/mol. The van der Waals surface area contributed by atoms with Crippen LogP contribution >= 0.6 is 23.1 Å². The van der Waals surface area contributed by atoms with E-state index in [9.17, 15) is 18.0 Å². The highest BCUT2D eigenvalue weighted by Gasteiger charge is 2.56. The number of alkyl halides is 3. The van der Waals surface area contributed by atoms with Crippen molar-refractivity contribution in [1.82, 2.24) is 25.9 Å². The van der Waals surface area contributed by atoms with Gasteiger partial charge in [0.15, 0.2) is 5.82 Å². The monoisotopic (exact) mass is 547 g/mol. The number of carbonyl (C=O) groups excluding carboxylic acids is 1. The highest BCUT2D eigenvalue weighted by Crippen LogP contribution is 2.57. The van der Waals surface area contributed by atoms with Crippen LogP contribution in [0, 0.1) is 0 Å². The molecule has 1 aromatic carbocycles. The zero-order valence-electron chi connectivity index (χ0n) is 20.7. The predicted molar refractivity (Wildman–Crippen MR) is 141 cm³/mol. The molecule has 2 atom stereocenters. The minimum Gasteiger partial charge on any atom is -0.344 e. The van der Waals surface area contributed by atoms with Crippen LogP contribution in [0.3, 0.4) is 0 Å². The van der Waals surface area contributed by atoms with Gasteiger partial charge in [-0.3, -0.25) is 4.79 Å². The van der Waals surface area contributed by atoms with Gasteiger partial charge in [0.2, 0.25) is 0 Å². The summed E-state index contributed by atoms with van der Waals surface area (Å²) >= 11 is 2.18. The fourth-order valence-corrected chi connectivity index (χ4v) is 7.59. The van der Waals surface area contributed by atoms with Gasteiger partial charge >= 0.3 is 6.18 Å². The Labute approximate surface area is 221 Å².